The standard InChI is InChI=1S/C13H21N5O2S/c1-14-13(17-9-10-21-2)16-8-7-15-11-5-3-4-6-12(11)18(19)20/h3-6,15H,7-10H2,1-2H3,(H2,14,16,17). The third-order valence-electron chi connectivity index (χ3n) is 2.66. The second kappa shape index (κ2) is 9.87. The van der Waals surface area contributed by atoms with Crippen LogP contribution in [0.5, 0.6) is 0 Å². The SMILES string of the molecule is CN=C(NCCNc1ccccc1[N+](=O)[O-])NCCSC. The van der Waals surface area contributed by atoms with E-state index in [4.69, 9.17) is 0 Å². The highest BCUT2D eigenvalue weighted by atomic mass is 32.2. The Balaban J connectivity index is 2.35. The monoisotopic (exact) mass is 311 g/mol. The fourth-order valence-electron chi connectivity index (χ4n) is 1.65. The zero-order chi connectivity index (χ0) is 15.5. The molecule has 1 rings (SSSR count). The lowest BCUT2D eigenvalue weighted by molar-refractivity contribution is -0.384. The molecule has 0 atom stereocenters. The first kappa shape index (κ1) is 17.1. The number of hydrogen-bond acceptors (Lipinski definition) is 5. The fourth-order valence-corrected chi connectivity index (χ4v) is 1.96. The molecule has 0 amide bonds. The molecule has 0 bridgehead atoms. The maximum atomic E-state index is 10.9. The molecule has 21 heavy (non-hydrogen) atoms. The summed E-state index contributed by atoms with van der Waals surface area (Å²) in [6, 6.07) is 6.60. The number of guanidine groups is 1. The molecule has 0 saturated heterocycles. The molecular formula is C13H21N5O2S. The molecule has 0 aromatic heterocycles. The minimum absolute atomic E-state index is 0.0833. The highest BCUT2D eigenvalue weighted by Gasteiger charge is 2.11. The highest BCUT2D eigenvalue weighted by Crippen LogP contribution is 2.22. The van der Waals surface area contributed by atoms with E-state index in [1.165, 1.54) is 6.07 Å². The molecule has 0 aliphatic heterocycles. The predicted molar refractivity (Wildman–Crippen MR) is 89.3 cm³/mol. The van der Waals surface area contributed by atoms with Gasteiger partial charge >= 0.3 is 0 Å². The Bertz CT molecular complexity index is 481. The molecule has 0 fully saturated rings. The van der Waals surface area contributed by atoms with Crippen LogP contribution in [0.2, 0.25) is 0 Å². The molecular weight excluding hydrogens is 290 g/mol. The van der Waals surface area contributed by atoms with Gasteiger partial charge < -0.3 is 16.0 Å². The van der Waals surface area contributed by atoms with E-state index in [0.29, 0.717) is 18.8 Å². The number of thioether (sulfide) groups is 1. The topological polar surface area (TPSA) is 91.6 Å². The van der Waals surface area contributed by atoms with E-state index in [1.807, 2.05) is 0 Å². The van der Waals surface area contributed by atoms with Gasteiger partial charge in [-0.25, -0.2) is 0 Å². The van der Waals surface area contributed by atoms with Crippen molar-refractivity contribution in [2.45, 2.75) is 0 Å². The second-order valence-electron chi connectivity index (χ2n) is 4.12. The van der Waals surface area contributed by atoms with Gasteiger partial charge in [0.1, 0.15) is 5.69 Å². The molecule has 1 aromatic carbocycles. The molecule has 0 aliphatic carbocycles. The zero-order valence-corrected chi connectivity index (χ0v) is 13.1. The minimum atomic E-state index is -0.390. The van der Waals surface area contributed by atoms with Crippen LogP contribution in [0.15, 0.2) is 29.3 Å². The lowest BCUT2D eigenvalue weighted by atomic mass is 10.2. The minimum Gasteiger partial charge on any atom is -0.378 e. The Morgan fingerprint density at radius 1 is 1.29 bits per heavy atom. The number of para-hydroxylation sites is 2. The van der Waals surface area contributed by atoms with Gasteiger partial charge in [-0.1, -0.05) is 12.1 Å². The number of anilines is 1. The van der Waals surface area contributed by atoms with E-state index >= 15 is 0 Å². The van der Waals surface area contributed by atoms with E-state index in [1.54, 1.807) is 37.0 Å². The first-order valence-corrected chi connectivity index (χ1v) is 7.99. The molecule has 0 aliphatic rings. The number of nitro benzene ring substituents is 1. The average Bonchev–Trinajstić information content (AvgIpc) is 2.50. The van der Waals surface area contributed by atoms with Gasteiger partial charge in [0.2, 0.25) is 0 Å². The molecule has 7 nitrogen and oxygen atoms in total. The van der Waals surface area contributed by atoms with Gasteiger partial charge in [0.15, 0.2) is 5.96 Å². The van der Waals surface area contributed by atoms with Crippen molar-refractivity contribution in [2.75, 3.05) is 44.0 Å². The smallest absolute Gasteiger partial charge is 0.292 e. The van der Waals surface area contributed by atoms with E-state index in [0.717, 1.165) is 18.3 Å². The molecule has 0 saturated carbocycles. The number of nitrogens with one attached hydrogen (secondary N) is 3. The van der Waals surface area contributed by atoms with Crippen molar-refractivity contribution >= 4 is 29.1 Å². The first-order chi connectivity index (χ1) is 10.2. The van der Waals surface area contributed by atoms with Crippen LogP contribution in [0.3, 0.4) is 0 Å². The Morgan fingerprint density at radius 3 is 2.67 bits per heavy atom. The predicted octanol–water partition coefficient (Wildman–Crippen LogP) is 1.53. The number of nitro groups is 1. The molecule has 0 heterocycles. The second-order valence-corrected chi connectivity index (χ2v) is 5.11. The zero-order valence-electron chi connectivity index (χ0n) is 12.3. The Morgan fingerprint density at radius 2 is 2.00 bits per heavy atom. The number of nitrogens with zero attached hydrogens (tertiary/aromatic N) is 2. The average molecular weight is 311 g/mol. The lowest BCUT2D eigenvalue weighted by Gasteiger charge is -2.12. The summed E-state index contributed by atoms with van der Waals surface area (Å²) in [6.45, 7) is 2.03. The van der Waals surface area contributed by atoms with Gasteiger partial charge in [0.25, 0.3) is 5.69 Å². The van der Waals surface area contributed by atoms with Crippen LogP contribution >= 0.6 is 11.8 Å². The molecule has 0 radical (unpaired) electrons. The van der Waals surface area contributed by atoms with E-state index in [2.05, 4.69) is 27.2 Å². The van der Waals surface area contributed by atoms with Crippen LogP contribution < -0.4 is 16.0 Å². The Labute approximate surface area is 128 Å². The van der Waals surface area contributed by atoms with E-state index < -0.39 is 4.92 Å². The quantitative estimate of drug-likeness (QED) is 0.222. The lowest BCUT2D eigenvalue weighted by Crippen LogP contribution is -2.40. The van der Waals surface area contributed by atoms with Crippen LogP contribution in [-0.2, 0) is 0 Å². The van der Waals surface area contributed by atoms with Crippen molar-refractivity contribution < 1.29 is 4.92 Å². The fraction of sp³-hybridized carbons (Fsp3) is 0.462. The number of rotatable bonds is 8. The van der Waals surface area contributed by atoms with E-state index in [9.17, 15) is 10.1 Å². The van der Waals surface area contributed by atoms with Crippen LogP contribution in [0, 0.1) is 10.1 Å². The molecule has 116 valence electrons. The van der Waals surface area contributed by atoms with Gasteiger partial charge in [0.05, 0.1) is 4.92 Å². The normalized spacial score (nSPS) is 11.0. The van der Waals surface area contributed by atoms with Crippen LogP contribution in [0.1, 0.15) is 0 Å². The summed E-state index contributed by atoms with van der Waals surface area (Å²) in [5, 5.41) is 20.2. The molecule has 0 unspecified atom stereocenters. The summed E-state index contributed by atoms with van der Waals surface area (Å²) in [7, 11) is 1.71. The largest absolute Gasteiger partial charge is 0.378 e. The Kier molecular flexibility index (Phi) is 8.03. The van der Waals surface area contributed by atoms with Crippen molar-refractivity contribution in [1.29, 1.82) is 0 Å². The summed E-state index contributed by atoms with van der Waals surface area (Å²) in [5.74, 6) is 1.74. The van der Waals surface area contributed by atoms with Crippen molar-refractivity contribution in [3.05, 3.63) is 34.4 Å². The van der Waals surface area contributed by atoms with E-state index in [-0.39, 0.29) is 5.69 Å². The summed E-state index contributed by atoms with van der Waals surface area (Å²) in [4.78, 5) is 14.6. The molecule has 1 aromatic rings. The van der Waals surface area contributed by atoms with Crippen LogP contribution in [0.25, 0.3) is 0 Å². The summed E-state index contributed by atoms with van der Waals surface area (Å²) < 4.78 is 0. The summed E-state index contributed by atoms with van der Waals surface area (Å²) >= 11 is 1.76. The van der Waals surface area contributed by atoms with Crippen molar-refractivity contribution in [3.63, 3.8) is 0 Å². The summed E-state index contributed by atoms with van der Waals surface area (Å²) in [6.07, 6.45) is 2.05. The number of benzene rings is 1. The number of hydrogen-bond donors (Lipinski definition) is 3. The Hall–Kier alpha value is -1.96. The maximum Gasteiger partial charge on any atom is 0.292 e. The first-order valence-electron chi connectivity index (χ1n) is 6.59. The van der Waals surface area contributed by atoms with Gasteiger partial charge in [-0.2, -0.15) is 11.8 Å². The summed E-state index contributed by atoms with van der Waals surface area (Å²) in [5.41, 5.74) is 0.606. The number of aliphatic imine (C=N–C) groups is 1. The third-order valence-corrected chi connectivity index (χ3v) is 3.27. The van der Waals surface area contributed by atoms with Gasteiger partial charge in [-0.05, 0) is 12.3 Å². The van der Waals surface area contributed by atoms with Gasteiger partial charge in [0, 0.05) is 38.5 Å². The highest BCUT2D eigenvalue weighted by molar-refractivity contribution is 7.98. The maximum absolute atomic E-state index is 10.9. The molecule has 0 spiro atoms. The van der Waals surface area contributed by atoms with Crippen molar-refractivity contribution in [2.24, 2.45) is 4.99 Å². The van der Waals surface area contributed by atoms with Crippen molar-refractivity contribution in [3.8, 4) is 0 Å². The third kappa shape index (κ3) is 6.35. The van der Waals surface area contributed by atoms with Crippen LogP contribution in [-0.4, -0.2) is 49.6 Å². The van der Waals surface area contributed by atoms with Gasteiger partial charge in [-0.3, -0.25) is 15.1 Å². The molecule has 3 N–H and O–H groups in total. The van der Waals surface area contributed by atoms with Crippen molar-refractivity contribution in [1.82, 2.24) is 10.6 Å². The van der Waals surface area contributed by atoms with Gasteiger partial charge in [-0.15, -0.1) is 0 Å². The molecule has 8 heteroatoms. The van der Waals surface area contributed by atoms with Crippen LogP contribution in [0.4, 0.5) is 11.4 Å².